The number of imidazole rings is 1. The molecule has 1 N–H and O–H groups in total. The Hall–Kier alpha value is -4.13. The van der Waals surface area contributed by atoms with Crippen LogP contribution in [-0.4, -0.2) is 27.0 Å². The summed E-state index contributed by atoms with van der Waals surface area (Å²) in [5.41, 5.74) is 3.25. The molecule has 0 unspecified atom stereocenters. The molecule has 0 fully saturated rings. The van der Waals surface area contributed by atoms with E-state index in [0.29, 0.717) is 42.7 Å². The van der Waals surface area contributed by atoms with Crippen LogP contribution in [-0.2, 0) is 13.2 Å². The Bertz CT molecular complexity index is 1270. The molecule has 4 aromatic rings. The molecule has 2 aromatic heterocycles. The molecule has 35 heavy (non-hydrogen) atoms. The van der Waals surface area contributed by atoms with Crippen molar-refractivity contribution in [2.45, 2.75) is 39.8 Å². The smallest absolute Gasteiger partial charge is 0.255 e. The van der Waals surface area contributed by atoms with E-state index in [4.69, 9.17) is 9.47 Å². The lowest BCUT2D eigenvalue weighted by Crippen LogP contribution is -2.13. The number of ether oxygens (including phenoxy) is 2. The van der Waals surface area contributed by atoms with Gasteiger partial charge >= 0.3 is 0 Å². The third-order valence-electron chi connectivity index (χ3n) is 5.42. The average molecular weight is 471 g/mol. The largest absolute Gasteiger partial charge is 0.490 e. The number of amides is 1. The van der Waals surface area contributed by atoms with Crippen LogP contribution in [0.3, 0.4) is 0 Å². The van der Waals surface area contributed by atoms with Crippen LogP contribution >= 0.6 is 0 Å². The fraction of sp³-hybridized carbons (Fsp3) is 0.250. The van der Waals surface area contributed by atoms with Gasteiger partial charge in [0.05, 0.1) is 6.61 Å². The third-order valence-corrected chi connectivity index (χ3v) is 5.42. The zero-order valence-corrected chi connectivity index (χ0v) is 20.3. The molecule has 0 bridgehead atoms. The lowest BCUT2D eigenvalue weighted by molar-refractivity contribution is 0.102. The highest BCUT2D eigenvalue weighted by molar-refractivity contribution is 6.04. The van der Waals surface area contributed by atoms with Crippen LogP contribution in [0.4, 0.5) is 5.69 Å². The van der Waals surface area contributed by atoms with Gasteiger partial charge in [-0.3, -0.25) is 9.78 Å². The highest BCUT2D eigenvalue weighted by Gasteiger charge is 2.13. The number of carbonyl (C=O) groups is 1. The molecule has 0 atom stereocenters. The molecule has 0 spiro atoms. The summed E-state index contributed by atoms with van der Waals surface area (Å²) in [7, 11) is 0. The van der Waals surface area contributed by atoms with Crippen molar-refractivity contribution in [3.63, 3.8) is 0 Å². The van der Waals surface area contributed by atoms with Gasteiger partial charge < -0.3 is 19.4 Å². The van der Waals surface area contributed by atoms with Crippen LogP contribution in [0.5, 0.6) is 11.5 Å². The SMILES string of the molecule is CCOc1cc(C(=O)Nc2cccc(Cn3ccnc3C(C)C)c2)ccc1OCc1cccnc1. The number of rotatable bonds is 10. The summed E-state index contributed by atoms with van der Waals surface area (Å²) in [4.78, 5) is 21.6. The van der Waals surface area contributed by atoms with Gasteiger partial charge in [0.15, 0.2) is 11.5 Å². The van der Waals surface area contributed by atoms with Crippen molar-refractivity contribution in [1.29, 1.82) is 0 Å². The predicted octanol–water partition coefficient (Wildman–Crippen LogP) is 5.68. The molecule has 7 nitrogen and oxygen atoms in total. The molecule has 0 radical (unpaired) electrons. The maximum Gasteiger partial charge on any atom is 0.255 e. The zero-order chi connectivity index (χ0) is 24.6. The first-order chi connectivity index (χ1) is 17.0. The number of hydrogen-bond acceptors (Lipinski definition) is 5. The molecule has 0 aliphatic carbocycles. The number of anilines is 1. The van der Waals surface area contributed by atoms with Crippen molar-refractivity contribution in [2.24, 2.45) is 0 Å². The second-order valence-corrected chi connectivity index (χ2v) is 8.47. The van der Waals surface area contributed by atoms with Gasteiger partial charge in [-0.1, -0.05) is 32.0 Å². The Kier molecular flexibility index (Phi) is 7.77. The first-order valence-electron chi connectivity index (χ1n) is 11.7. The number of carbonyl (C=O) groups excluding carboxylic acids is 1. The lowest BCUT2D eigenvalue weighted by atomic mass is 10.1. The van der Waals surface area contributed by atoms with E-state index in [2.05, 4.69) is 33.7 Å². The summed E-state index contributed by atoms with van der Waals surface area (Å²) in [6.07, 6.45) is 7.28. The van der Waals surface area contributed by atoms with Gasteiger partial charge in [0, 0.05) is 54.1 Å². The minimum Gasteiger partial charge on any atom is -0.490 e. The van der Waals surface area contributed by atoms with Crippen molar-refractivity contribution in [3.05, 3.63) is 102 Å². The normalized spacial score (nSPS) is 10.9. The topological polar surface area (TPSA) is 78.3 Å². The van der Waals surface area contributed by atoms with E-state index < -0.39 is 0 Å². The standard InChI is InChI=1S/C28H30N4O3/c1-4-34-26-16-23(10-11-25(26)35-19-22-8-6-12-29-17-22)28(33)31-24-9-5-7-21(15-24)18-32-14-13-30-27(32)20(2)3/h5-17,20H,4,18-19H2,1-3H3,(H,31,33). The Morgan fingerprint density at radius 2 is 1.86 bits per heavy atom. The Morgan fingerprint density at radius 3 is 2.63 bits per heavy atom. The van der Waals surface area contributed by atoms with Gasteiger partial charge in [0.25, 0.3) is 5.91 Å². The lowest BCUT2D eigenvalue weighted by Gasteiger charge is -2.14. The maximum atomic E-state index is 13.0. The zero-order valence-electron chi connectivity index (χ0n) is 20.3. The van der Waals surface area contributed by atoms with E-state index in [0.717, 1.165) is 22.6 Å². The second kappa shape index (κ2) is 11.3. The third kappa shape index (κ3) is 6.26. The van der Waals surface area contributed by atoms with E-state index in [9.17, 15) is 4.79 Å². The molecule has 0 saturated heterocycles. The fourth-order valence-electron chi connectivity index (χ4n) is 3.78. The van der Waals surface area contributed by atoms with Crippen molar-refractivity contribution < 1.29 is 14.3 Å². The summed E-state index contributed by atoms with van der Waals surface area (Å²) in [5.74, 6) is 2.26. The van der Waals surface area contributed by atoms with E-state index >= 15 is 0 Å². The van der Waals surface area contributed by atoms with Crippen LogP contribution in [0.15, 0.2) is 79.4 Å². The number of nitrogens with zero attached hydrogens (tertiary/aromatic N) is 3. The van der Waals surface area contributed by atoms with Crippen molar-refractivity contribution in [3.8, 4) is 11.5 Å². The number of hydrogen-bond donors (Lipinski definition) is 1. The van der Waals surface area contributed by atoms with Crippen LogP contribution in [0.1, 0.15) is 54.0 Å². The summed E-state index contributed by atoms with van der Waals surface area (Å²) >= 11 is 0. The van der Waals surface area contributed by atoms with Crippen molar-refractivity contribution in [2.75, 3.05) is 11.9 Å². The molecule has 0 aliphatic heterocycles. The molecule has 0 saturated carbocycles. The molecule has 180 valence electrons. The molecule has 2 aromatic carbocycles. The number of aromatic nitrogens is 3. The Morgan fingerprint density at radius 1 is 1.00 bits per heavy atom. The van der Waals surface area contributed by atoms with Crippen molar-refractivity contribution in [1.82, 2.24) is 14.5 Å². The van der Waals surface area contributed by atoms with E-state index in [1.165, 1.54) is 0 Å². The molecule has 0 aliphatic rings. The maximum absolute atomic E-state index is 13.0. The van der Waals surface area contributed by atoms with Gasteiger partial charge in [0.1, 0.15) is 12.4 Å². The predicted molar refractivity (Wildman–Crippen MR) is 136 cm³/mol. The minimum atomic E-state index is -0.215. The summed E-state index contributed by atoms with van der Waals surface area (Å²) in [6.45, 7) is 7.66. The quantitative estimate of drug-likeness (QED) is 0.323. The van der Waals surface area contributed by atoms with Gasteiger partial charge in [-0.15, -0.1) is 0 Å². The van der Waals surface area contributed by atoms with E-state index in [1.54, 1.807) is 30.6 Å². The Labute approximate surface area is 205 Å². The van der Waals surface area contributed by atoms with Crippen LogP contribution in [0.25, 0.3) is 0 Å². The number of pyridine rings is 1. The first-order valence-corrected chi connectivity index (χ1v) is 11.7. The van der Waals surface area contributed by atoms with E-state index in [-0.39, 0.29) is 5.91 Å². The molecule has 7 heteroatoms. The highest BCUT2D eigenvalue weighted by Crippen LogP contribution is 2.30. The monoisotopic (exact) mass is 470 g/mol. The number of nitrogens with one attached hydrogen (secondary N) is 1. The molecular weight excluding hydrogens is 440 g/mol. The van der Waals surface area contributed by atoms with Crippen LogP contribution < -0.4 is 14.8 Å². The average Bonchev–Trinajstić information content (AvgIpc) is 3.33. The minimum absolute atomic E-state index is 0.215. The second-order valence-electron chi connectivity index (χ2n) is 8.47. The highest BCUT2D eigenvalue weighted by atomic mass is 16.5. The van der Waals surface area contributed by atoms with Crippen LogP contribution in [0, 0.1) is 0 Å². The van der Waals surface area contributed by atoms with Gasteiger partial charge in [0.2, 0.25) is 0 Å². The summed E-state index contributed by atoms with van der Waals surface area (Å²) < 4.78 is 13.8. The number of benzene rings is 2. The summed E-state index contributed by atoms with van der Waals surface area (Å²) in [5, 5.41) is 2.99. The van der Waals surface area contributed by atoms with Crippen molar-refractivity contribution >= 4 is 11.6 Å². The fourth-order valence-corrected chi connectivity index (χ4v) is 3.78. The molecule has 2 heterocycles. The summed E-state index contributed by atoms with van der Waals surface area (Å²) in [6, 6.07) is 16.9. The van der Waals surface area contributed by atoms with Gasteiger partial charge in [-0.05, 0) is 48.9 Å². The molecule has 1 amide bonds. The molecule has 4 rings (SSSR count). The van der Waals surface area contributed by atoms with Gasteiger partial charge in [-0.25, -0.2) is 4.98 Å². The first kappa shape index (κ1) is 24.0. The van der Waals surface area contributed by atoms with Crippen LogP contribution in [0.2, 0.25) is 0 Å². The molecular formula is C28H30N4O3. The Balaban J connectivity index is 1.45. The van der Waals surface area contributed by atoms with E-state index in [1.807, 2.05) is 55.7 Å². The van der Waals surface area contributed by atoms with Gasteiger partial charge in [-0.2, -0.15) is 0 Å².